The number of fused-ring (bicyclic) bond motifs is 1. The van der Waals surface area contributed by atoms with E-state index >= 15 is 0 Å². The first kappa shape index (κ1) is 20.3. The third-order valence-electron chi connectivity index (χ3n) is 5.53. The number of ether oxygens (including phenoxy) is 1. The van der Waals surface area contributed by atoms with Gasteiger partial charge in [0.2, 0.25) is 11.9 Å². The standard InChI is InChI=1S/C21H20ClN7O3/c22-15-6-7-18-17(12-15)28(20(31)14-32-18)13-19(30)26-8-10-27(11-9-26)21-23-24-25-29(21)16-4-2-1-3-5-16/h1-7,12H,8-11,13-14H2. The number of amides is 2. The molecule has 0 unspecified atom stereocenters. The molecule has 0 radical (unpaired) electrons. The smallest absolute Gasteiger partial charge is 0.265 e. The van der Waals surface area contributed by atoms with E-state index in [9.17, 15) is 9.59 Å². The van der Waals surface area contributed by atoms with Gasteiger partial charge in [-0.25, -0.2) is 0 Å². The largest absolute Gasteiger partial charge is 0.482 e. The molecule has 0 saturated carbocycles. The number of nitrogens with zero attached hydrogens (tertiary/aromatic N) is 7. The Bertz CT molecular complexity index is 1150. The molecule has 5 rings (SSSR count). The summed E-state index contributed by atoms with van der Waals surface area (Å²) in [6, 6.07) is 14.7. The van der Waals surface area contributed by atoms with E-state index in [2.05, 4.69) is 15.5 Å². The van der Waals surface area contributed by atoms with Crippen LogP contribution in [-0.4, -0.2) is 76.3 Å². The highest BCUT2D eigenvalue weighted by molar-refractivity contribution is 6.31. The van der Waals surface area contributed by atoms with E-state index in [1.165, 1.54) is 4.90 Å². The van der Waals surface area contributed by atoms with Crippen LogP contribution in [0.2, 0.25) is 5.02 Å². The zero-order valence-corrected chi connectivity index (χ0v) is 17.9. The van der Waals surface area contributed by atoms with Crippen molar-refractivity contribution in [3.05, 3.63) is 53.6 Å². The molecule has 10 nitrogen and oxygen atoms in total. The summed E-state index contributed by atoms with van der Waals surface area (Å²) >= 11 is 6.08. The lowest BCUT2D eigenvalue weighted by atomic mass is 10.2. The van der Waals surface area contributed by atoms with Gasteiger partial charge in [0.25, 0.3) is 5.91 Å². The first-order valence-corrected chi connectivity index (χ1v) is 10.6. The van der Waals surface area contributed by atoms with Gasteiger partial charge in [0.15, 0.2) is 6.61 Å². The number of halogens is 1. The lowest BCUT2D eigenvalue weighted by Gasteiger charge is -2.36. The summed E-state index contributed by atoms with van der Waals surface area (Å²) in [5, 5.41) is 12.6. The van der Waals surface area contributed by atoms with E-state index in [4.69, 9.17) is 16.3 Å². The molecular formula is C21H20ClN7O3. The predicted octanol–water partition coefficient (Wildman–Crippen LogP) is 1.39. The number of tetrazole rings is 1. The van der Waals surface area contributed by atoms with Gasteiger partial charge in [-0.15, -0.1) is 0 Å². The van der Waals surface area contributed by atoms with Crippen molar-refractivity contribution in [1.29, 1.82) is 0 Å². The van der Waals surface area contributed by atoms with Crippen LogP contribution >= 0.6 is 11.6 Å². The zero-order valence-electron chi connectivity index (χ0n) is 17.1. The van der Waals surface area contributed by atoms with Crippen LogP contribution in [0.3, 0.4) is 0 Å². The van der Waals surface area contributed by atoms with Crippen LogP contribution in [0.5, 0.6) is 5.75 Å². The van der Waals surface area contributed by atoms with E-state index in [0.717, 1.165) is 5.69 Å². The van der Waals surface area contributed by atoms with Crippen molar-refractivity contribution in [3.63, 3.8) is 0 Å². The number of carbonyl (C=O) groups excluding carboxylic acids is 2. The van der Waals surface area contributed by atoms with E-state index in [1.54, 1.807) is 27.8 Å². The van der Waals surface area contributed by atoms with Gasteiger partial charge < -0.3 is 14.5 Å². The fourth-order valence-electron chi connectivity index (χ4n) is 3.86. The lowest BCUT2D eigenvalue weighted by molar-refractivity contribution is -0.132. The van der Waals surface area contributed by atoms with E-state index in [0.29, 0.717) is 48.6 Å². The van der Waals surface area contributed by atoms with Crippen LogP contribution in [-0.2, 0) is 9.59 Å². The fraction of sp³-hybridized carbons (Fsp3) is 0.286. The molecule has 1 fully saturated rings. The molecule has 1 saturated heterocycles. The van der Waals surface area contributed by atoms with E-state index in [1.807, 2.05) is 35.2 Å². The topological polar surface area (TPSA) is 96.7 Å². The second-order valence-electron chi connectivity index (χ2n) is 7.47. The number of rotatable bonds is 4. The average molecular weight is 454 g/mol. The highest BCUT2D eigenvalue weighted by atomic mass is 35.5. The molecular weight excluding hydrogens is 434 g/mol. The van der Waals surface area contributed by atoms with Gasteiger partial charge >= 0.3 is 0 Å². The Balaban J connectivity index is 1.25. The molecule has 2 amide bonds. The minimum absolute atomic E-state index is 0.0582. The second kappa shape index (κ2) is 8.46. The van der Waals surface area contributed by atoms with Crippen LogP contribution in [0, 0.1) is 0 Å². The summed E-state index contributed by atoms with van der Waals surface area (Å²) in [6.07, 6.45) is 0. The predicted molar refractivity (Wildman–Crippen MR) is 117 cm³/mol. The number of para-hydroxylation sites is 1. The van der Waals surface area contributed by atoms with Crippen molar-refractivity contribution < 1.29 is 14.3 Å². The number of hydrogen-bond acceptors (Lipinski definition) is 7. The van der Waals surface area contributed by atoms with Crippen molar-refractivity contribution in [2.24, 2.45) is 0 Å². The molecule has 0 N–H and O–H groups in total. The third kappa shape index (κ3) is 3.84. The summed E-state index contributed by atoms with van der Waals surface area (Å²) < 4.78 is 7.13. The summed E-state index contributed by atoms with van der Waals surface area (Å²) in [7, 11) is 0. The molecule has 0 atom stereocenters. The minimum Gasteiger partial charge on any atom is -0.482 e. The maximum Gasteiger partial charge on any atom is 0.265 e. The summed E-state index contributed by atoms with van der Waals surface area (Å²) in [4.78, 5) is 30.6. The Labute approximate surface area is 188 Å². The van der Waals surface area contributed by atoms with Gasteiger partial charge in [-0.1, -0.05) is 34.9 Å². The van der Waals surface area contributed by atoms with Gasteiger partial charge in [0, 0.05) is 31.2 Å². The summed E-state index contributed by atoms with van der Waals surface area (Å²) in [5.74, 6) is 0.775. The molecule has 1 aromatic heterocycles. The fourth-order valence-corrected chi connectivity index (χ4v) is 4.02. The molecule has 32 heavy (non-hydrogen) atoms. The quantitative estimate of drug-likeness (QED) is 0.589. The van der Waals surface area contributed by atoms with Gasteiger partial charge in [-0.05, 0) is 40.8 Å². The molecule has 0 aliphatic carbocycles. The van der Waals surface area contributed by atoms with Crippen molar-refractivity contribution in [1.82, 2.24) is 25.1 Å². The molecule has 0 bridgehead atoms. The van der Waals surface area contributed by atoms with Gasteiger partial charge in [-0.3, -0.25) is 14.5 Å². The summed E-state index contributed by atoms with van der Waals surface area (Å²) in [5.41, 5.74) is 1.39. The second-order valence-corrected chi connectivity index (χ2v) is 7.91. The molecule has 2 aliphatic rings. The van der Waals surface area contributed by atoms with Gasteiger partial charge in [-0.2, -0.15) is 4.68 Å². The van der Waals surface area contributed by atoms with E-state index < -0.39 is 0 Å². The lowest BCUT2D eigenvalue weighted by Crippen LogP contribution is -2.53. The summed E-state index contributed by atoms with van der Waals surface area (Å²) in [6.45, 7) is 2.01. The molecule has 3 aromatic rings. The number of aromatic nitrogens is 4. The van der Waals surface area contributed by atoms with Gasteiger partial charge in [0.1, 0.15) is 12.3 Å². The monoisotopic (exact) mass is 453 g/mol. The van der Waals surface area contributed by atoms with Crippen molar-refractivity contribution >= 4 is 35.1 Å². The first-order chi connectivity index (χ1) is 15.6. The normalized spacial score (nSPS) is 16.0. The number of carbonyl (C=O) groups is 2. The van der Waals surface area contributed by atoms with Crippen molar-refractivity contribution in [2.75, 3.05) is 49.1 Å². The van der Waals surface area contributed by atoms with Crippen LogP contribution in [0.25, 0.3) is 5.69 Å². The Morgan fingerprint density at radius 2 is 1.84 bits per heavy atom. The Morgan fingerprint density at radius 3 is 2.62 bits per heavy atom. The van der Waals surface area contributed by atoms with Crippen molar-refractivity contribution in [2.45, 2.75) is 0 Å². The average Bonchev–Trinajstić information content (AvgIpc) is 3.32. The highest BCUT2D eigenvalue weighted by Crippen LogP contribution is 2.34. The number of benzene rings is 2. The third-order valence-corrected chi connectivity index (χ3v) is 5.76. The number of anilines is 2. The molecule has 11 heteroatoms. The van der Waals surface area contributed by atoms with Crippen LogP contribution in [0.15, 0.2) is 48.5 Å². The molecule has 3 heterocycles. The minimum atomic E-state index is -0.270. The maximum atomic E-state index is 13.0. The number of piperazine rings is 1. The SMILES string of the molecule is O=C(CN1C(=O)COc2ccc(Cl)cc21)N1CCN(c2nnnn2-c2ccccc2)CC1. The molecule has 164 valence electrons. The number of hydrogen-bond donors (Lipinski definition) is 0. The van der Waals surface area contributed by atoms with Crippen molar-refractivity contribution in [3.8, 4) is 11.4 Å². The van der Waals surface area contributed by atoms with Crippen LogP contribution < -0.4 is 14.5 Å². The molecule has 2 aromatic carbocycles. The Hall–Kier alpha value is -3.66. The highest BCUT2D eigenvalue weighted by Gasteiger charge is 2.31. The van der Waals surface area contributed by atoms with Crippen LogP contribution in [0.1, 0.15) is 0 Å². The van der Waals surface area contributed by atoms with E-state index in [-0.39, 0.29) is 25.0 Å². The molecule has 0 spiro atoms. The zero-order chi connectivity index (χ0) is 22.1. The molecule has 2 aliphatic heterocycles. The Morgan fingerprint density at radius 1 is 1.06 bits per heavy atom. The maximum absolute atomic E-state index is 13.0. The Kier molecular flexibility index (Phi) is 5.36. The van der Waals surface area contributed by atoms with Gasteiger partial charge in [0.05, 0.1) is 11.4 Å². The van der Waals surface area contributed by atoms with Crippen LogP contribution in [0.4, 0.5) is 11.6 Å². The first-order valence-electron chi connectivity index (χ1n) is 10.2.